The van der Waals surface area contributed by atoms with Gasteiger partial charge >= 0.3 is 0 Å². The minimum Gasteiger partial charge on any atom is -0.394 e. The van der Waals surface area contributed by atoms with Crippen molar-refractivity contribution in [2.45, 2.75) is 12.2 Å². The minimum atomic E-state index is -0.657. The summed E-state index contributed by atoms with van der Waals surface area (Å²) in [5.41, 5.74) is 0. The first kappa shape index (κ1) is 12.8. The largest absolute Gasteiger partial charge is 0.394 e. The number of methoxy groups -OCH3 is 2. The van der Waals surface area contributed by atoms with Crippen LogP contribution >= 0.6 is 0 Å². The number of aliphatic hydroxyl groups is 2. The zero-order valence-electron chi connectivity index (χ0n) is 8.10. The van der Waals surface area contributed by atoms with E-state index in [0.29, 0.717) is 6.61 Å². The van der Waals surface area contributed by atoms with Crippen LogP contribution < -0.4 is 0 Å². The molecule has 5 heteroatoms. The molecule has 0 saturated carbocycles. The number of aliphatic hydroxyl groups excluding tert-OH is 2. The molecule has 0 saturated heterocycles. The molecule has 0 radical (unpaired) electrons. The molecule has 0 aromatic heterocycles. The molecule has 2 N–H and O–H groups in total. The Morgan fingerprint density at radius 1 is 1.08 bits per heavy atom. The van der Waals surface area contributed by atoms with E-state index in [4.69, 9.17) is 19.3 Å². The predicted octanol–water partition coefficient (Wildman–Crippen LogP) is -0.982. The first-order valence-electron chi connectivity index (χ1n) is 4.13. The standard InChI is InChI=1S/C8H18O5/c1-11-4-7(10)5-13-8(3-9)6-12-2/h7-10H,3-6H2,1-2H3. The van der Waals surface area contributed by atoms with E-state index >= 15 is 0 Å². The Kier molecular flexibility index (Phi) is 8.27. The van der Waals surface area contributed by atoms with Crippen LogP contribution in [-0.2, 0) is 14.2 Å². The Balaban J connectivity index is 3.46. The normalized spacial score (nSPS) is 15.7. The van der Waals surface area contributed by atoms with Crippen LogP contribution in [0, 0.1) is 0 Å². The van der Waals surface area contributed by atoms with E-state index in [1.165, 1.54) is 14.2 Å². The lowest BCUT2D eigenvalue weighted by molar-refractivity contribution is -0.0733. The summed E-state index contributed by atoms with van der Waals surface area (Å²) >= 11 is 0. The van der Waals surface area contributed by atoms with Crippen molar-refractivity contribution >= 4 is 0 Å². The molecule has 0 spiro atoms. The van der Waals surface area contributed by atoms with Crippen molar-refractivity contribution in [1.29, 1.82) is 0 Å². The average molecular weight is 194 g/mol. The highest BCUT2D eigenvalue weighted by atomic mass is 16.5. The summed E-state index contributed by atoms with van der Waals surface area (Å²) in [4.78, 5) is 0. The first-order chi connectivity index (χ1) is 6.24. The van der Waals surface area contributed by atoms with Crippen LogP contribution in [0.1, 0.15) is 0 Å². The molecule has 2 atom stereocenters. The lowest BCUT2D eigenvalue weighted by Crippen LogP contribution is -2.29. The Labute approximate surface area is 78.2 Å². The molecule has 0 aromatic carbocycles. The molecule has 13 heavy (non-hydrogen) atoms. The average Bonchev–Trinajstić information content (AvgIpc) is 2.12. The summed E-state index contributed by atoms with van der Waals surface area (Å²) in [6, 6.07) is 0. The van der Waals surface area contributed by atoms with E-state index in [1.807, 2.05) is 0 Å². The van der Waals surface area contributed by atoms with Crippen molar-refractivity contribution in [3.63, 3.8) is 0 Å². The minimum absolute atomic E-state index is 0.118. The van der Waals surface area contributed by atoms with Gasteiger partial charge in [0.05, 0.1) is 26.4 Å². The van der Waals surface area contributed by atoms with Gasteiger partial charge in [-0.3, -0.25) is 0 Å². The predicted molar refractivity (Wildman–Crippen MR) is 46.6 cm³/mol. The molecule has 0 aliphatic rings. The van der Waals surface area contributed by atoms with Gasteiger partial charge in [0, 0.05) is 14.2 Å². The second-order valence-electron chi connectivity index (χ2n) is 2.70. The van der Waals surface area contributed by atoms with Crippen molar-refractivity contribution in [2.24, 2.45) is 0 Å². The number of hydrogen-bond acceptors (Lipinski definition) is 5. The van der Waals surface area contributed by atoms with Gasteiger partial charge in [-0.15, -0.1) is 0 Å². The van der Waals surface area contributed by atoms with Crippen molar-refractivity contribution in [3.8, 4) is 0 Å². The molecule has 5 nitrogen and oxygen atoms in total. The molecular weight excluding hydrogens is 176 g/mol. The van der Waals surface area contributed by atoms with Crippen molar-refractivity contribution < 1.29 is 24.4 Å². The fourth-order valence-electron chi connectivity index (χ4n) is 0.827. The molecule has 0 amide bonds. The van der Waals surface area contributed by atoms with Crippen LogP contribution in [0.5, 0.6) is 0 Å². The van der Waals surface area contributed by atoms with Gasteiger partial charge in [0.15, 0.2) is 0 Å². The first-order valence-corrected chi connectivity index (χ1v) is 4.13. The third-order valence-electron chi connectivity index (χ3n) is 1.44. The summed E-state index contributed by atoms with van der Waals surface area (Å²) in [6.45, 7) is 0.567. The van der Waals surface area contributed by atoms with Crippen LogP contribution in [0.4, 0.5) is 0 Å². The highest BCUT2D eigenvalue weighted by molar-refractivity contribution is 4.57. The lowest BCUT2D eigenvalue weighted by atomic mass is 10.3. The topological polar surface area (TPSA) is 68.2 Å². The summed E-state index contributed by atoms with van der Waals surface area (Å²) < 4.78 is 14.6. The molecule has 0 bridgehead atoms. The third-order valence-corrected chi connectivity index (χ3v) is 1.44. The van der Waals surface area contributed by atoms with Crippen LogP contribution in [0.15, 0.2) is 0 Å². The molecule has 0 aliphatic heterocycles. The van der Waals surface area contributed by atoms with Gasteiger partial charge < -0.3 is 24.4 Å². The van der Waals surface area contributed by atoms with Crippen molar-refractivity contribution in [3.05, 3.63) is 0 Å². The smallest absolute Gasteiger partial charge is 0.104 e. The van der Waals surface area contributed by atoms with E-state index in [9.17, 15) is 5.11 Å². The van der Waals surface area contributed by atoms with Gasteiger partial charge in [-0.2, -0.15) is 0 Å². The zero-order chi connectivity index (χ0) is 10.1. The molecular formula is C8H18O5. The van der Waals surface area contributed by atoms with Gasteiger partial charge in [-0.1, -0.05) is 0 Å². The maximum atomic E-state index is 9.19. The van der Waals surface area contributed by atoms with E-state index < -0.39 is 6.10 Å². The number of hydrogen-bond donors (Lipinski definition) is 2. The second-order valence-corrected chi connectivity index (χ2v) is 2.70. The van der Waals surface area contributed by atoms with Crippen molar-refractivity contribution in [2.75, 3.05) is 40.6 Å². The fraction of sp³-hybridized carbons (Fsp3) is 1.00. The zero-order valence-corrected chi connectivity index (χ0v) is 8.10. The molecule has 0 rings (SSSR count). The van der Waals surface area contributed by atoms with Gasteiger partial charge in [-0.05, 0) is 0 Å². The molecule has 0 fully saturated rings. The fourth-order valence-corrected chi connectivity index (χ4v) is 0.827. The third kappa shape index (κ3) is 6.92. The number of rotatable bonds is 8. The highest BCUT2D eigenvalue weighted by Gasteiger charge is 2.10. The van der Waals surface area contributed by atoms with Crippen LogP contribution in [0.2, 0.25) is 0 Å². The Morgan fingerprint density at radius 2 is 1.69 bits per heavy atom. The summed E-state index contributed by atoms with van der Waals surface area (Å²) in [6.07, 6.45) is -1.03. The van der Waals surface area contributed by atoms with Gasteiger partial charge in [0.2, 0.25) is 0 Å². The van der Waals surface area contributed by atoms with Gasteiger partial charge in [0.1, 0.15) is 12.2 Å². The molecule has 0 aromatic rings. The van der Waals surface area contributed by atoms with Crippen LogP contribution in [0.25, 0.3) is 0 Å². The summed E-state index contributed by atoms with van der Waals surface area (Å²) in [5, 5.41) is 18.0. The highest BCUT2D eigenvalue weighted by Crippen LogP contribution is 1.94. The lowest BCUT2D eigenvalue weighted by Gasteiger charge is -2.16. The Morgan fingerprint density at radius 3 is 2.15 bits per heavy atom. The Bertz CT molecular complexity index is 109. The Hall–Kier alpha value is -0.200. The van der Waals surface area contributed by atoms with Crippen LogP contribution in [0.3, 0.4) is 0 Å². The second kappa shape index (κ2) is 8.40. The van der Waals surface area contributed by atoms with E-state index in [1.54, 1.807) is 0 Å². The van der Waals surface area contributed by atoms with E-state index in [2.05, 4.69) is 0 Å². The van der Waals surface area contributed by atoms with E-state index in [0.717, 1.165) is 0 Å². The maximum absolute atomic E-state index is 9.19. The molecule has 80 valence electrons. The molecule has 0 aliphatic carbocycles. The van der Waals surface area contributed by atoms with E-state index in [-0.39, 0.29) is 25.9 Å². The summed E-state index contributed by atoms with van der Waals surface area (Å²) in [7, 11) is 3.03. The number of ether oxygens (including phenoxy) is 3. The van der Waals surface area contributed by atoms with Crippen molar-refractivity contribution in [1.82, 2.24) is 0 Å². The van der Waals surface area contributed by atoms with Gasteiger partial charge in [0.25, 0.3) is 0 Å². The SMILES string of the molecule is COCC(O)COC(CO)COC. The van der Waals surface area contributed by atoms with Crippen LogP contribution in [-0.4, -0.2) is 63.1 Å². The quantitative estimate of drug-likeness (QED) is 0.519. The van der Waals surface area contributed by atoms with Gasteiger partial charge in [-0.25, -0.2) is 0 Å². The monoisotopic (exact) mass is 194 g/mol. The maximum Gasteiger partial charge on any atom is 0.104 e. The molecule has 2 unspecified atom stereocenters. The molecule has 0 heterocycles. The summed E-state index contributed by atoms with van der Waals surface area (Å²) in [5.74, 6) is 0.